The molecule has 1 N–H and O–H groups in total. The van der Waals surface area contributed by atoms with Crippen molar-refractivity contribution in [2.75, 3.05) is 5.32 Å². The quantitative estimate of drug-likeness (QED) is 0.915. The van der Waals surface area contributed by atoms with Crippen LogP contribution < -0.4 is 5.32 Å². The fourth-order valence-electron chi connectivity index (χ4n) is 2.04. The van der Waals surface area contributed by atoms with Crippen molar-refractivity contribution >= 4 is 34.5 Å². The maximum absolute atomic E-state index is 12.0. The van der Waals surface area contributed by atoms with Gasteiger partial charge in [-0.2, -0.15) is 0 Å². The van der Waals surface area contributed by atoms with Crippen LogP contribution in [0.2, 0.25) is 5.02 Å². The van der Waals surface area contributed by atoms with Crippen LogP contribution in [0.4, 0.5) is 5.69 Å². The van der Waals surface area contributed by atoms with Gasteiger partial charge >= 0.3 is 0 Å². The number of thiazole rings is 1. The second kappa shape index (κ2) is 6.37. The van der Waals surface area contributed by atoms with Gasteiger partial charge in [-0.05, 0) is 44.4 Å². The zero-order valence-electron chi connectivity index (χ0n) is 11.8. The molecule has 0 aliphatic carbocycles. The van der Waals surface area contributed by atoms with E-state index in [9.17, 15) is 4.79 Å². The Labute approximate surface area is 128 Å². The molecule has 5 heteroatoms. The lowest BCUT2D eigenvalue weighted by atomic mass is 10.1. The third-order valence-electron chi connectivity index (χ3n) is 2.97. The zero-order valence-corrected chi connectivity index (χ0v) is 13.4. The Balaban J connectivity index is 1.98. The summed E-state index contributed by atoms with van der Waals surface area (Å²) in [7, 11) is 0. The molecule has 20 heavy (non-hydrogen) atoms. The molecule has 2 aromatic rings. The number of rotatable bonds is 4. The maximum atomic E-state index is 12.0. The van der Waals surface area contributed by atoms with Crippen molar-refractivity contribution in [3.8, 4) is 0 Å². The molecule has 0 saturated heterocycles. The Morgan fingerprint density at radius 1 is 1.35 bits per heavy atom. The van der Waals surface area contributed by atoms with Gasteiger partial charge in [-0.3, -0.25) is 4.79 Å². The van der Waals surface area contributed by atoms with Gasteiger partial charge in [0, 0.05) is 11.8 Å². The lowest BCUT2D eigenvalue weighted by Crippen LogP contribution is -2.13. The van der Waals surface area contributed by atoms with Gasteiger partial charge in [-0.1, -0.05) is 17.7 Å². The molecular weight excluding hydrogens is 292 g/mol. The summed E-state index contributed by atoms with van der Waals surface area (Å²) in [6.07, 6.45) is 1.06. The van der Waals surface area contributed by atoms with Crippen LogP contribution in [0.1, 0.15) is 28.2 Å². The number of halogens is 1. The van der Waals surface area contributed by atoms with E-state index in [2.05, 4.69) is 10.3 Å². The number of carbonyl (C=O) groups is 1. The summed E-state index contributed by atoms with van der Waals surface area (Å²) in [5.41, 5.74) is 3.74. The van der Waals surface area contributed by atoms with Crippen molar-refractivity contribution in [2.45, 2.75) is 33.6 Å². The molecule has 0 atom stereocenters. The minimum Gasteiger partial charge on any atom is -0.325 e. The molecule has 1 heterocycles. The van der Waals surface area contributed by atoms with Gasteiger partial charge in [-0.25, -0.2) is 4.98 Å². The van der Waals surface area contributed by atoms with E-state index >= 15 is 0 Å². The topological polar surface area (TPSA) is 42.0 Å². The summed E-state index contributed by atoms with van der Waals surface area (Å²) < 4.78 is 0. The lowest BCUT2D eigenvalue weighted by molar-refractivity contribution is -0.116. The Morgan fingerprint density at radius 2 is 2.10 bits per heavy atom. The second-order valence-electron chi connectivity index (χ2n) is 4.84. The molecule has 0 aliphatic rings. The predicted molar refractivity (Wildman–Crippen MR) is 84.7 cm³/mol. The molecule has 0 bridgehead atoms. The minimum absolute atomic E-state index is 0.0375. The Morgan fingerprint density at radius 3 is 2.70 bits per heavy atom. The van der Waals surface area contributed by atoms with Gasteiger partial charge in [0.2, 0.25) is 5.91 Å². The monoisotopic (exact) mass is 308 g/mol. The number of aromatic nitrogens is 1. The number of hydrogen-bond acceptors (Lipinski definition) is 3. The highest BCUT2D eigenvalue weighted by Gasteiger charge is 2.10. The Kier molecular flexibility index (Phi) is 4.78. The molecule has 0 spiro atoms. The van der Waals surface area contributed by atoms with E-state index < -0.39 is 0 Å². The predicted octanol–water partition coefficient (Wildman–Crippen LogP) is 4.29. The number of carbonyl (C=O) groups excluding carboxylic acids is 1. The summed E-state index contributed by atoms with van der Waals surface area (Å²) in [5.74, 6) is -0.0375. The second-order valence-corrected chi connectivity index (χ2v) is 6.31. The molecular formula is C15H17ClN2OS. The first-order valence-corrected chi connectivity index (χ1v) is 7.69. The lowest BCUT2D eigenvalue weighted by Gasteiger charge is -2.11. The number of aryl methyl sites for hydroxylation is 4. The van der Waals surface area contributed by atoms with Crippen molar-refractivity contribution in [1.29, 1.82) is 0 Å². The van der Waals surface area contributed by atoms with Gasteiger partial charge in [0.1, 0.15) is 0 Å². The van der Waals surface area contributed by atoms with E-state index in [0.717, 1.165) is 21.8 Å². The highest BCUT2D eigenvalue weighted by atomic mass is 35.5. The zero-order chi connectivity index (χ0) is 14.7. The largest absolute Gasteiger partial charge is 0.325 e. The number of hydrogen-bond donors (Lipinski definition) is 1. The van der Waals surface area contributed by atoms with Crippen LogP contribution in [0, 0.1) is 20.8 Å². The third-order valence-corrected chi connectivity index (χ3v) is 4.09. The van der Waals surface area contributed by atoms with Crippen LogP contribution in [0.5, 0.6) is 0 Å². The minimum atomic E-state index is -0.0375. The Bertz CT molecular complexity index is 614. The van der Waals surface area contributed by atoms with E-state index in [0.29, 0.717) is 23.6 Å². The summed E-state index contributed by atoms with van der Waals surface area (Å²) >= 11 is 7.78. The van der Waals surface area contributed by atoms with Crippen LogP contribution in [0.15, 0.2) is 17.5 Å². The van der Waals surface area contributed by atoms with E-state index in [1.807, 2.05) is 38.3 Å². The normalized spacial score (nSPS) is 10.6. The van der Waals surface area contributed by atoms with Crippen LogP contribution in [0.3, 0.4) is 0 Å². The van der Waals surface area contributed by atoms with Gasteiger partial charge in [-0.15, -0.1) is 11.3 Å². The van der Waals surface area contributed by atoms with Crippen molar-refractivity contribution in [1.82, 2.24) is 4.98 Å². The van der Waals surface area contributed by atoms with E-state index in [4.69, 9.17) is 11.6 Å². The number of benzene rings is 1. The summed E-state index contributed by atoms with van der Waals surface area (Å²) in [6.45, 7) is 5.89. The van der Waals surface area contributed by atoms with Gasteiger partial charge in [0.15, 0.2) is 0 Å². The number of anilines is 1. The first kappa shape index (κ1) is 15.0. The first-order valence-electron chi connectivity index (χ1n) is 6.43. The summed E-state index contributed by atoms with van der Waals surface area (Å²) in [6, 6.07) is 3.86. The molecule has 0 radical (unpaired) electrons. The highest BCUT2D eigenvalue weighted by Crippen LogP contribution is 2.27. The van der Waals surface area contributed by atoms with E-state index in [-0.39, 0.29) is 5.91 Å². The average molecular weight is 309 g/mol. The van der Waals surface area contributed by atoms with Gasteiger partial charge < -0.3 is 5.32 Å². The maximum Gasteiger partial charge on any atom is 0.224 e. The van der Waals surface area contributed by atoms with Crippen LogP contribution in [0.25, 0.3) is 0 Å². The van der Waals surface area contributed by atoms with Crippen LogP contribution in [-0.2, 0) is 11.2 Å². The summed E-state index contributed by atoms with van der Waals surface area (Å²) in [5, 5.41) is 6.49. The Hall–Kier alpha value is -1.39. The van der Waals surface area contributed by atoms with Gasteiger partial charge in [0.05, 0.1) is 21.4 Å². The standard InChI is InChI=1S/C15H17ClN2OS/c1-9-6-10(2)15(13(16)7-9)18-14(19)5-4-12-8-20-11(3)17-12/h6-8H,4-5H2,1-3H3,(H,18,19). The van der Waals surface area contributed by atoms with Gasteiger partial charge in [0.25, 0.3) is 0 Å². The van der Waals surface area contributed by atoms with Crippen molar-refractivity contribution in [3.63, 3.8) is 0 Å². The van der Waals surface area contributed by atoms with Crippen molar-refractivity contribution < 1.29 is 4.79 Å². The van der Waals surface area contributed by atoms with E-state index in [1.54, 1.807) is 11.3 Å². The number of amides is 1. The molecule has 1 aromatic carbocycles. The highest BCUT2D eigenvalue weighted by molar-refractivity contribution is 7.09. The average Bonchev–Trinajstić information content (AvgIpc) is 2.77. The molecule has 0 unspecified atom stereocenters. The molecule has 0 aliphatic heterocycles. The smallest absolute Gasteiger partial charge is 0.224 e. The molecule has 106 valence electrons. The fourth-order valence-corrected chi connectivity index (χ4v) is 3.06. The first-order chi connectivity index (χ1) is 9.45. The van der Waals surface area contributed by atoms with Crippen LogP contribution in [-0.4, -0.2) is 10.9 Å². The van der Waals surface area contributed by atoms with Crippen molar-refractivity contribution in [2.24, 2.45) is 0 Å². The molecule has 0 saturated carbocycles. The molecule has 0 fully saturated rings. The SMILES string of the molecule is Cc1cc(C)c(NC(=O)CCc2csc(C)n2)c(Cl)c1. The van der Waals surface area contributed by atoms with E-state index in [1.165, 1.54) is 0 Å². The number of nitrogens with one attached hydrogen (secondary N) is 1. The van der Waals surface area contributed by atoms with Crippen molar-refractivity contribution in [3.05, 3.63) is 44.4 Å². The fraction of sp³-hybridized carbons (Fsp3) is 0.333. The number of nitrogens with zero attached hydrogens (tertiary/aromatic N) is 1. The third kappa shape index (κ3) is 3.81. The molecule has 1 amide bonds. The van der Waals surface area contributed by atoms with Crippen LogP contribution >= 0.6 is 22.9 Å². The summed E-state index contributed by atoms with van der Waals surface area (Å²) in [4.78, 5) is 16.3. The molecule has 1 aromatic heterocycles. The molecule has 3 nitrogen and oxygen atoms in total. The molecule has 2 rings (SSSR count).